The second kappa shape index (κ2) is 20.7. The van der Waals surface area contributed by atoms with Crippen LogP contribution in [0.25, 0.3) is 0 Å². The number of hydrogen-bond acceptors (Lipinski definition) is 6. The van der Waals surface area contributed by atoms with Gasteiger partial charge < -0.3 is 25.6 Å². The number of aldehydes is 1. The zero-order chi connectivity index (χ0) is 29.1. The van der Waals surface area contributed by atoms with E-state index >= 15 is 0 Å². The van der Waals surface area contributed by atoms with Crippen LogP contribution in [-0.2, 0) is 24.0 Å². The van der Waals surface area contributed by atoms with Crippen LogP contribution in [0.15, 0.2) is 0 Å². The van der Waals surface area contributed by atoms with E-state index in [0.717, 1.165) is 25.0 Å². The zero-order valence-electron chi connectivity index (χ0n) is 25.0. The summed E-state index contributed by atoms with van der Waals surface area (Å²) in [4.78, 5) is 58.0. The number of amides is 3. The third-order valence-corrected chi connectivity index (χ3v) is 5.55. The third-order valence-electron chi connectivity index (χ3n) is 5.55. The number of carbonyl (C=O) groups is 5. The van der Waals surface area contributed by atoms with Crippen molar-refractivity contribution < 1.29 is 24.0 Å². The molecule has 1 saturated carbocycles. The highest BCUT2D eigenvalue weighted by Crippen LogP contribution is 2.33. The van der Waals surface area contributed by atoms with Crippen LogP contribution in [0.4, 0.5) is 0 Å². The number of ketones is 1. The number of nitrogens with zero attached hydrogens (tertiary/aromatic N) is 1. The number of likely N-dealkylation sites (tertiary alicyclic amines) is 1. The summed E-state index contributed by atoms with van der Waals surface area (Å²) in [6.45, 7) is 16.8. The minimum atomic E-state index is -0.500. The first kappa shape index (κ1) is 36.9. The number of hydrogen-bond donors (Lipinski definition) is 3. The predicted octanol–water partition coefficient (Wildman–Crippen LogP) is 2.96. The van der Waals surface area contributed by atoms with Crippen molar-refractivity contribution >= 4 is 29.8 Å². The molecule has 37 heavy (non-hydrogen) atoms. The van der Waals surface area contributed by atoms with Gasteiger partial charge in [-0.2, -0.15) is 0 Å². The maximum absolute atomic E-state index is 11.8. The van der Waals surface area contributed by atoms with E-state index in [1.807, 2.05) is 6.92 Å². The van der Waals surface area contributed by atoms with Crippen molar-refractivity contribution in [1.29, 1.82) is 0 Å². The molecule has 0 radical (unpaired) electrons. The van der Waals surface area contributed by atoms with Gasteiger partial charge in [0.25, 0.3) is 5.91 Å². The van der Waals surface area contributed by atoms with Crippen molar-refractivity contribution in [3.05, 3.63) is 0 Å². The van der Waals surface area contributed by atoms with Gasteiger partial charge in [-0.05, 0) is 37.6 Å². The van der Waals surface area contributed by atoms with Crippen molar-refractivity contribution in [2.45, 2.75) is 99.6 Å². The Balaban J connectivity index is 0. The summed E-state index contributed by atoms with van der Waals surface area (Å²) in [5.74, 6) is 0.371. The summed E-state index contributed by atoms with van der Waals surface area (Å²) in [7, 11) is 3.19. The van der Waals surface area contributed by atoms with Crippen molar-refractivity contribution in [3.8, 4) is 0 Å². The SMILES string of the molecule is CC(C)C.CC(C)C(=O)NCC(=O)N1CCC(C)C1C=O.CCC.CNC(=O)C(=O)C(CC1CC1)NC. The molecule has 3 unspecified atom stereocenters. The molecule has 0 aromatic heterocycles. The van der Waals surface area contributed by atoms with Crippen LogP contribution < -0.4 is 16.0 Å². The molecule has 1 aliphatic carbocycles. The van der Waals surface area contributed by atoms with Gasteiger partial charge in [0.1, 0.15) is 6.29 Å². The lowest BCUT2D eigenvalue weighted by Crippen LogP contribution is -2.44. The lowest BCUT2D eigenvalue weighted by Gasteiger charge is -2.22. The fourth-order valence-electron chi connectivity index (χ4n) is 3.26. The quantitative estimate of drug-likeness (QED) is 0.313. The van der Waals surface area contributed by atoms with Gasteiger partial charge in [0.2, 0.25) is 17.6 Å². The van der Waals surface area contributed by atoms with Crippen LogP contribution in [0.1, 0.15) is 87.5 Å². The number of Topliss-reactive ketones (excluding diaryl/α,β-unsaturated/α-hetero) is 1. The average Bonchev–Trinajstić information content (AvgIpc) is 3.59. The van der Waals surface area contributed by atoms with E-state index in [2.05, 4.69) is 50.6 Å². The summed E-state index contributed by atoms with van der Waals surface area (Å²) in [6.07, 6.45) is 6.09. The van der Waals surface area contributed by atoms with E-state index in [4.69, 9.17) is 0 Å². The molecule has 0 aromatic carbocycles. The fourth-order valence-corrected chi connectivity index (χ4v) is 3.26. The van der Waals surface area contributed by atoms with E-state index in [9.17, 15) is 24.0 Å². The Hall–Kier alpha value is -2.29. The number of likely N-dealkylation sites (N-methyl/N-ethyl adjacent to an activating group) is 2. The van der Waals surface area contributed by atoms with Gasteiger partial charge in [-0.1, -0.05) is 74.7 Å². The second-order valence-electron chi connectivity index (χ2n) is 10.8. The van der Waals surface area contributed by atoms with Crippen LogP contribution in [0.2, 0.25) is 0 Å². The third kappa shape index (κ3) is 17.0. The van der Waals surface area contributed by atoms with E-state index in [0.29, 0.717) is 12.5 Å². The second-order valence-corrected chi connectivity index (χ2v) is 10.8. The molecule has 9 heteroatoms. The minimum Gasteiger partial charge on any atom is -0.353 e. The average molecular weight is 527 g/mol. The molecule has 9 nitrogen and oxygen atoms in total. The van der Waals surface area contributed by atoms with Gasteiger partial charge in [0.15, 0.2) is 0 Å². The number of rotatable bonds is 9. The van der Waals surface area contributed by atoms with Crippen molar-refractivity contribution in [3.63, 3.8) is 0 Å². The normalized spacial score (nSPS) is 18.8. The van der Waals surface area contributed by atoms with Gasteiger partial charge in [-0.3, -0.25) is 19.2 Å². The summed E-state index contributed by atoms with van der Waals surface area (Å²) in [5, 5.41) is 7.79. The van der Waals surface area contributed by atoms with Crippen molar-refractivity contribution in [1.82, 2.24) is 20.9 Å². The molecule has 2 rings (SSSR count). The highest BCUT2D eigenvalue weighted by atomic mass is 16.2. The zero-order valence-corrected chi connectivity index (χ0v) is 25.0. The van der Waals surface area contributed by atoms with Crippen LogP contribution in [0.5, 0.6) is 0 Å². The molecule has 1 saturated heterocycles. The molecule has 2 aliphatic rings. The summed E-state index contributed by atoms with van der Waals surface area (Å²) in [5.41, 5.74) is 0. The largest absolute Gasteiger partial charge is 0.353 e. The molecule has 0 spiro atoms. The Morgan fingerprint density at radius 1 is 0.973 bits per heavy atom. The highest BCUT2D eigenvalue weighted by Gasteiger charge is 2.34. The van der Waals surface area contributed by atoms with E-state index < -0.39 is 5.91 Å². The summed E-state index contributed by atoms with van der Waals surface area (Å²) < 4.78 is 0. The molecule has 2 fully saturated rings. The summed E-state index contributed by atoms with van der Waals surface area (Å²) in [6, 6.07) is -0.633. The smallest absolute Gasteiger partial charge is 0.288 e. The number of carbonyl (C=O) groups excluding carboxylic acids is 5. The maximum Gasteiger partial charge on any atom is 0.288 e. The molecule has 0 aromatic rings. The van der Waals surface area contributed by atoms with Crippen molar-refractivity contribution in [2.24, 2.45) is 23.7 Å². The predicted molar refractivity (Wildman–Crippen MR) is 149 cm³/mol. The molecule has 3 atom stereocenters. The topological polar surface area (TPSA) is 125 Å². The Labute approximate surface area is 225 Å². The highest BCUT2D eigenvalue weighted by molar-refractivity contribution is 6.38. The monoisotopic (exact) mass is 526 g/mol. The standard InChI is InChI=1S/C12H20N2O3.C9H16N2O2.C4H10.C3H8/c1-8(2)12(17)13-6-11(16)14-5-4-9(3)10(14)7-15;1-10-7(5-6-3-4-6)8(12)9(13)11-2;1-4(2)3;1-3-2/h7-10H,4-6H2,1-3H3,(H,13,17);6-7,10H,3-5H2,1-2H3,(H,11,13);4H,1-3H3;3H2,1-2H3. The van der Waals surface area contributed by atoms with Crippen molar-refractivity contribution in [2.75, 3.05) is 27.2 Å². The lowest BCUT2D eigenvalue weighted by molar-refractivity contribution is -0.138. The summed E-state index contributed by atoms with van der Waals surface area (Å²) >= 11 is 0. The first-order valence-electron chi connectivity index (χ1n) is 13.8. The Morgan fingerprint density at radius 3 is 1.86 bits per heavy atom. The molecule has 3 N–H and O–H groups in total. The molecular formula is C28H54N4O5. The maximum atomic E-state index is 11.8. The van der Waals surface area contributed by atoms with Gasteiger partial charge in [0.05, 0.1) is 18.6 Å². The van der Waals surface area contributed by atoms with Crippen LogP contribution >= 0.6 is 0 Å². The molecule has 0 bridgehead atoms. The molecule has 216 valence electrons. The lowest BCUT2D eigenvalue weighted by atomic mass is 10.0. The first-order valence-corrected chi connectivity index (χ1v) is 13.8. The minimum absolute atomic E-state index is 0.0198. The van der Waals surface area contributed by atoms with E-state index in [1.165, 1.54) is 26.3 Å². The Bertz CT molecular complexity index is 689. The van der Waals surface area contributed by atoms with Gasteiger partial charge >= 0.3 is 0 Å². The van der Waals surface area contributed by atoms with E-state index in [-0.39, 0.29) is 48.1 Å². The van der Waals surface area contributed by atoms with E-state index in [1.54, 1.807) is 25.8 Å². The van der Waals surface area contributed by atoms with Gasteiger partial charge in [-0.25, -0.2) is 0 Å². The Morgan fingerprint density at radius 2 is 1.49 bits per heavy atom. The molecule has 1 aliphatic heterocycles. The first-order chi connectivity index (χ1) is 17.3. The number of nitrogens with one attached hydrogen (secondary N) is 3. The van der Waals surface area contributed by atoms with Gasteiger partial charge in [0, 0.05) is 19.5 Å². The molecular weight excluding hydrogens is 472 g/mol. The molecule has 1 heterocycles. The Kier molecular flexibility index (Phi) is 20.7. The van der Waals surface area contributed by atoms with Crippen LogP contribution in [0, 0.1) is 23.7 Å². The van der Waals surface area contributed by atoms with Gasteiger partial charge in [-0.15, -0.1) is 0 Å². The molecule has 3 amide bonds. The fraction of sp³-hybridized carbons (Fsp3) is 0.821. The van der Waals surface area contributed by atoms with Crippen LogP contribution in [0.3, 0.4) is 0 Å². The van der Waals surface area contributed by atoms with Crippen LogP contribution in [-0.4, -0.2) is 74.0 Å².